The number of nitrogens with zero attached hydrogens (tertiary/aromatic N) is 1. The van der Waals surface area contributed by atoms with Crippen molar-refractivity contribution in [1.82, 2.24) is 4.90 Å². The van der Waals surface area contributed by atoms with Crippen LogP contribution in [-0.2, 0) is 9.53 Å². The van der Waals surface area contributed by atoms with Crippen molar-refractivity contribution in [3.05, 3.63) is 71.8 Å². The molecule has 0 spiro atoms. The predicted molar refractivity (Wildman–Crippen MR) is 129 cm³/mol. The van der Waals surface area contributed by atoms with Crippen LogP contribution in [0.25, 0.3) is 0 Å². The quantitative estimate of drug-likeness (QED) is 0.413. The molecule has 2 aromatic carbocycles. The molecule has 28 heavy (non-hydrogen) atoms. The molecule has 0 amide bonds. The molecule has 1 aliphatic rings. The van der Waals surface area contributed by atoms with Gasteiger partial charge in [0.05, 0.1) is 6.10 Å². The Bertz CT molecular complexity index is 637. The fourth-order valence-electron chi connectivity index (χ4n) is 3.38. The topological polar surface area (TPSA) is 29.5 Å². The molecular formula is C22H27I3NO2-. The van der Waals surface area contributed by atoms with Crippen molar-refractivity contribution in [2.24, 2.45) is 0 Å². The summed E-state index contributed by atoms with van der Waals surface area (Å²) >= 11 is 5.30. The molecule has 154 valence electrons. The number of piperidine rings is 1. The number of rotatable bonds is 7. The summed E-state index contributed by atoms with van der Waals surface area (Å²) in [4.78, 5) is 13.5. The molecule has 6 heteroatoms. The van der Waals surface area contributed by atoms with Crippen molar-refractivity contribution in [1.29, 1.82) is 0 Å². The molecule has 0 atom stereocenters. The van der Waals surface area contributed by atoms with Gasteiger partial charge in [-0.1, -0.05) is 60.7 Å². The van der Waals surface area contributed by atoms with Crippen LogP contribution in [0.15, 0.2) is 60.7 Å². The van der Waals surface area contributed by atoms with Gasteiger partial charge < -0.3 is 9.64 Å². The molecule has 2 aromatic rings. The summed E-state index contributed by atoms with van der Waals surface area (Å²) in [7, 11) is 0. The first-order valence-electron chi connectivity index (χ1n) is 9.48. The van der Waals surface area contributed by atoms with Gasteiger partial charge in [-0.25, -0.2) is 0 Å². The van der Waals surface area contributed by atoms with Crippen LogP contribution in [0.4, 0.5) is 0 Å². The maximum absolute atomic E-state index is 11.2. The minimum atomic E-state index is -0.0174. The maximum atomic E-state index is 11.2. The Hall–Kier alpha value is 0.220. The van der Waals surface area contributed by atoms with E-state index in [2.05, 4.69) is 90.7 Å². The number of carbonyl (C=O) groups is 1. The van der Waals surface area contributed by atoms with Crippen molar-refractivity contribution in [3.63, 3.8) is 0 Å². The molecule has 0 N–H and O–H groups in total. The fraction of sp³-hybridized carbons (Fsp3) is 0.409. The van der Waals surface area contributed by atoms with E-state index < -0.39 is 0 Å². The van der Waals surface area contributed by atoms with E-state index >= 15 is 0 Å². The Morgan fingerprint density at radius 1 is 1.04 bits per heavy atom. The summed E-state index contributed by atoms with van der Waals surface area (Å²) in [6.07, 6.45) is 2.94. The van der Waals surface area contributed by atoms with Crippen LogP contribution in [0.1, 0.15) is 43.4 Å². The SMILES string of the molecule is CC(=O)CCN1CCC(OC(c2ccccc2)c2ccccc2)CC1.I[I-]I. The number of halogens is 3. The third-order valence-electron chi connectivity index (χ3n) is 4.85. The first-order chi connectivity index (χ1) is 13.6. The van der Waals surface area contributed by atoms with E-state index in [1.54, 1.807) is 6.92 Å². The van der Waals surface area contributed by atoms with Crippen molar-refractivity contribution in [3.8, 4) is 0 Å². The number of hydrogen-bond acceptors (Lipinski definition) is 3. The molecule has 1 heterocycles. The van der Waals surface area contributed by atoms with E-state index in [1.807, 2.05) is 12.1 Å². The molecule has 1 aliphatic heterocycles. The summed E-state index contributed by atoms with van der Waals surface area (Å²) < 4.78 is 6.54. The summed E-state index contributed by atoms with van der Waals surface area (Å²) in [6, 6.07) is 20.9. The van der Waals surface area contributed by atoms with Gasteiger partial charge in [0.2, 0.25) is 0 Å². The molecule has 3 rings (SSSR count). The van der Waals surface area contributed by atoms with Crippen LogP contribution in [0.3, 0.4) is 0 Å². The molecule has 3 nitrogen and oxygen atoms in total. The minimum absolute atomic E-state index is 0.0174. The summed E-state index contributed by atoms with van der Waals surface area (Å²) in [5.74, 6) is 0.270. The van der Waals surface area contributed by atoms with Gasteiger partial charge in [0.15, 0.2) is 0 Å². The summed E-state index contributed by atoms with van der Waals surface area (Å²) in [6.45, 7) is 4.56. The fourth-order valence-corrected chi connectivity index (χ4v) is 3.38. The zero-order valence-corrected chi connectivity index (χ0v) is 22.5. The molecule has 0 radical (unpaired) electrons. The Morgan fingerprint density at radius 2 is 1.50 bits per heavy atom. The predicted octanol–water partition coefficient (Wildman–Crippen LogP) is 3.01. The number of ketones is 1. The zero-order chi connectivity index (χ0) is 20.2. The van der Waals surface area contributed by atoms with E-state index in [4.69, 9.17) is 4.74 Å². The van der Waals surface area contributed by atoms with E-state index in [1.165, 1.54) is 11.1 Å². The van der Waals surface area contributed by atoms with Crippen LogP contribution in [0.5, 0.6) is 0 Å². The Kier molecular flexibility index (Phi) is 12.5. The first-order valence-corrected chi connectivity index (χ1v) is 22.1. The number of benzene rings is 2. The first kappa shape index (κ1) is 24.5. The van der Waals surface area contributed by atoms with Gasteiger partial charge in [0, 0.05) is 26.1 Å². The van der Waals surface area contributed by atoms with E-state index in [9.17, 15) is 4.79 Å². The average Bonchev–Trinajstić information content (AvgIpc) is 2.73. The van der Waals surface area contributed by atoms with Crippen molar-refractivity contribution >= 4 is 43.0 Å². The third kappa shape index (κ3) is 8.93. The molecule has 0 saturated carbocycles. The molecule has 0 aliphatic carbocycles. The number of hydrogen-bond donors (Lipinski definition) is 0. The molecular weight excluding hydrogens is 691 g/mol. The molecule has 1 fully saturated rings. The molecule has 0 unspecified atom stereocenters. The van der Waals surface area contributed by atoms with Crippen molar-refractivity contribution in [2.45, 2.75) is 38.4 Å². The van der Waals surface area contributed by atoms with Gasteiger partial charge >= 0.3 is 50.5 Å². The van der Waals surface area contributed by atoms with Crippen LogP contribution in [0.2, 0.25) is 0 Å². The van der Waals surface area contributed by atoms with Crippen LogP contribution in [-0.4, -0.2) is 36.4 Å². The van der Waals surface area contributed by atoms with Gasteiger partial charge in [0.25, 0.3) is 0 Å². The number of carbonyl (C=O) groups excluding carboxylic acids is 1. The van der Waals surface area contributed by atoms with Gasteiger partial charge in [-0.05, 0) is 30.9 Å². The van der Waals surface area contributed by atoms with Gasteiger partial charge in [-0.2, -0.15) is 0 Å². The third-order valence-corrected chi connectivity index (χ3v) is 4.85. The summed E-state index contributed by atoms with van der Waals surface area (Å²) in [5.41, 5.74) is 2.40. The van der Waals surface area contributed by atoms with Gasteiger partial charge in [-0.15, -0.1) is 0 Å². The van der Waals surface area contributed by atoms with Crippen LogP contribution in [0, 0.1) is 0 Å². The summed E-state index contributed by atoms with van der Waals surface area (Å²) in [5, 5.41) is 0. The Balaban J connectivity index is 0.000000878. The second-order valence-electron chi connectivity index (χ2n) is 6.88. The second kappa shape index (κ2) is 14.3. The average molecular weight is 718 g/mol. The Morgan fingerprint density at radius 3 is 1.93 bits per heavy atom. The van der Waals surface area contributed by atoms with E-state index in [-0.39, 0.29) is 18.0 Å². The van der Waals surface area contributed by atoms with Crippen LogP contribution < -0.4 is 13.3 Å². The molecule has 0 aromatic heterocycles. The number of Topliss-reactive ketones (excluding diaryl/α,β-unsaturated/α-hetero) is 1. The van der Waals surface area contributed by atoms with Gasteiger partial charge in [0.1, 0.15) is 11.9 Å². The van der Waals surface area contributed by atoms with E-state index in [0.717, 1.165) is 32.5 Å². The van der Waals surface area contributed by atoms with Gasteiger partial charge in [-0.3, -0.25) is 4.79 Å². The molecule has 1 saturated heterocycles. The van der Waals surface area contributed by atoms with E-state index in [0.29, 0.717) is 19.7 Å². The standard InChI is InChI=1S/C22H27NO2.I3/c1-18(24)12-15-23-16-13-21(14-17-23)25-22(19-8-4-2-5-9-19)20-10-6-3-7-11-20;1-3-2/h2-11,21-22H,12-17H2,1H3;/q;-1. The van der Waals surface area contributed by atoms with Crippen LogP contribution >= 0.6 is 37.2 Å². The van der Waals surface area contributed by atoms with Crippen molar-refractivity contribution in [2.75, 3.05) is 19.6 Å². The Labute approximate surface area is 198 Å². The number of likely N-dealkylation sites (tertiary alicyclic amines) is 1. The normalized spacial score (nSPS) is 15.3. The number of ether oxygens (including phenoxy) is 1. The monoisotopic (exact) mass is 718 g/mol. The molecule has 0 bridgehead atoms. The zero-order valence-electron chi connectivity index (χ0n) is 16.1. The van der Waals surface area contributed by atoms with Crippen molar-refractivity contribution < 1.29 is 22.8 Å². The second-order valence-corrected chi connectivity index (χ2v) is 23.1.